The van der Waals surface area contributed by atoms with Crippen molar-refractivity contribution in [3.05, 3.63) is 23.8 Å². The summed E-state index contributed by atoms with van der Waals surface area (Å²) in [6.07, 6.45) is 0. The molecule has 84 valence electrons. The Bertz CT molecular complexity index is 299. The van der Waals surface area contributed by atoms with Crippen molar-refractivity contribution in [3.63, 3.8) is 0 Å². The van der Waals surface area contributed by atoms with Crippen molar-refractivity contribution in [2.24, 2.45) is 0 Å². The molecule has 0 amide bonds. The highest BCUT2D eigenvalue weighted by Crippen LogP contribution is 2.25. The molecule has 0 bridgehead atoms. The van der Waals surface area contributed by atoms with Crippen LogP contribution in [0.5, 0.6) is 11.5 Å². The van der Waals surface area contributed by atoms with Crippen LogP contribution in [0.4, 0.5) is 0 Å². The molecule has 0 saturated heterocycles. The third kappa shape index (κ3) is 3.77. The van der Waals surface area contributed by atoms with E-state index in [1.807, 2.05) is 0 Å². The number of hydrogen-bond donors (Lipinski definition) is 2. The van der Waals surface area contributed by atoms with E-state index in [0.717, 1.165) is 5.56 Å². The Morgan fingerprint density at radius 2 is 2.00 bits per heavy atom. The summed E-state index contributed by atoms with van der Waals surface area (Å²) in [7, 11) is 0. The first-order valence-corrected chi connectivity index (χ1v) is 4.85. The number of aromatic hydroxyl groups is 1. The first-order valence-electron chi connectivity index (χ1n) is 4.85. The van der Waals surface area contributed by atoms with E-state index in [2.05, 4.69) is 0 Å². The molecule has 0 aliphatic rings. The minimum Gasteiger partial charge on any atom is -0.508 e. The Balaban J connectivity index is 2.34. The lowest BCUT2D eigenvalue weighted by Gasteiger charge is -2.09. The average molecular weight is 212 g/mol. The van der Waals surface area contributed by atoms with Crippen LogP contribution in [0.15, 0.2) is 18.2 Å². The highest BCUT2D eigenvalue weighted by molar-refractivity contribution is 5.42. The second kappa shape index (κ2) is 6.27. The first kappa shape index (κ1) is 11.8. The summed E-state index contributed by atoms with van der Waals surface area (Å²) in [5.74, 6) is 0.881. The molecule has 0 aromatic heterocycles. The maximum atomic E-state index is 9.40. The van der Waals surface area contributed by atoms with Gasteiger partial charge in [-0.2, -0.15) is 0 Å². The van der Waals surface area contributed by atoms with Crippen molar-refractivity contribution in [1.29, 1.82) is 0 Å². The molecule has 1 aromatic carbocycles. The summed E-state index contributed by atoms with van der Waals surface area (Å²) < 4.78 is 10.4. The molecule has 4 nitrogen and oxygen atoms in total. The normalized spacial score (nSPS) is 10.3. The molecule has 15 heavy (non-hydrogen) atoms. The van der Waals surface area contributed by atoms with Gasteiger partial charge in [0.05, 0.1) is 19.8 Å². The van der Waals surface area contributed by atoms with E-state index < -0.39 is 0 Å². The summed E-state index contributed by atoms with van der Waals surface area (Å²) in [6.45, 7) is 2.97. The van der Waals surface area contributed by atoms with Crippen molar-refractivity contribution < 1.29 is 19.7 Å². The minimum absolute atomic E-state index is 0.0190. The van der Waals surface area contributed by atoms with Crippen molar-refractivity contribution in [2.75, 3.05) is 26.4 Å². The van der Waals surface area contributed by atoms with Crippen LogP contribution < -0.4 is 4.74 Å². The molecule has 0 unspecified atom stereocenters. The van der Waals surface area contributed by atoms with Gasteiger partial charge >= 0.3 is 0 Å². The Morgan fingerprint density at radius 3 is 2.73 bits per heavy atom. The highest BCUT2D eigenvalue weighted by atomic mass is 16.5. The fraction of sp³-hybridized carbons (Fsp3) is 0.455. The largest absolute Gasteiger partial charge is 0.508 e. The van der Waals surface area contributed by atoms with Gasteiger partial charge in [-0.1, -0.05) is 6.07 Å². The van der Waals surface area contributed by atoms with E-state index in [0.29, 0.717) is 25.6 Å². The van der Waals surface area contributed by atoms with Crippen LogP contribution in [0.2, 0.25) is 0 Å². The molecule has 1 aromatic rings. The van der Waals surface area contributed by atoms with Gasteiger partial charge in [0.2, 0.25) is 0 Å². The zero-order chi connectivity index (χ0) is 11.1. The standard InChI is InChI=1S/C11H16O4/c1-9-10(13)3-2-4-11(9)15-8-7-14-6-5-12/h2-4,12-13H,5-8H2,1H3. The summed E-state index contributed by atoms with van der Waals surface area (Å²) >= 11 is 0. The second-order valence-electron chi connectivity index (χ2n) is 3.08. The van der Waals surface area contributed by atoms with Gasteiger partial charge < -0.3 is 19.7 Å². The quantitative estimate of drug-likeness (QED) is 0.693. The van der Waals surface area contributed by atoms with E-state index in [-0.39, 0.29) is 12.4 Å². The van der Waals surface area contributed by atoms with Gasteiger partial charge in [0, 0.05) is 5.56 Å². The molecule has 4 heteroatoms. The summed E-state index contributed by atoms with van der Waals surface area (Å²) in [6, 6.07) is 5.14. The van der Waals surface area contributed by atoms with Crippen LogP contribution in [-0.4, -0.2) is 36.6 Å². The molecular weight excluding hydrogens is 196 g/mol. The average Bonchev–Trinajstić information content (AvgIpc) is 2.24. The van der Waals surface area contributed by atoms with Crippen molar-refractivity contribution in [3.8, 4) is 11.5 Å². The second-order valence-corrected chi connectivity index (χ2v) is 3.08. The zero-order valence-electron chi connectivity index (χ0n) is 8.77. The van der Waals surface area contributed by atoms with E-state index in [1.54, 1.807) is 25.1 Å². The third-order valence-electron chi connectivity index (χ3n) is 1.98. The van der Waals surface area contributed by atoms with Crippen LogP contribution >= 0.6 is 0 Å². The van der Waals surface area contributed by atoms with Gasteiger partial charge in [0.1, 0.15) is 18.1 Å². The number of hydrogen-bond acceptors (Lipinski definition) is 4. The molecule has 1 rings (SSSR count). The number of aliphatic hydroxyl groups is 1. The monoisotopic (exact) mass is 212 g/mol. The van der Waals surface area contributed by atoms with Gasteiger partial charge in [-0.3, -0.25) is 0 Å². The molecule has 2 N–H and O–H groups in total. The maximum absolute atomic E-state index is 9.40. The van der Waals surface area contributed by atoms with E-state index in [1.165, 1.54) is 0 Å². The molecular formula is C11H16O4. The summed E-state index contributed by atoms with van der Waals surface area (Å²) in [5, 5.41) is 17.9. The minimum atomic E-state index is 0.0190. The van der Waals surface area contributed by atoms with E-state index >= 15 is 0 Å². The molecule has 0 atom stereocenters. The van der Waals surface area contributed by atoms with Gasteiger partial charge in [-0.05, 0) is 19.1 Å². The molecule has 0 spiro atoms. The van der Waals surface area contributed by atoms with E-state index in [4.69, 9.17) is 14.6 Å². The van der Waals surface area contributed by atoms with Crippen molar-refractivity contribution >= 4 is 0 Å². The Morgan fingerprint density at radius 1 is 1.20 bits per heavy atom. The van der Waals surface area contributed by atoms with Crippen LogP contribution in [0.1, 0.15) is 5.56 Å². The summed E-state index contributed by atoms with van der Waals surface area (Å²) in [4.78, 5) is 0. The lowest BCUT2D eigenvalue weighted by molar-refractivity contribution is 0.0703. The number of benzene rings is 1. The Hall–Kier alpha value is -1.26. The van der Waals surface area contributed by atoms with Crippen molar-refractivity contribution in [1.82, 2.24) is 0 Å². The fourth-order valence-electron chi connectivity index (χ4n) is 1.14. The number of phenols is 1. The molecule has 0 aliphatic heterocycles. The SMILES string of the molecule is Cc1c(O)cccc1OCCOCCO. The maximum Gasteiger partial charge on any atom is 0.126 e. The Labute approximate surface area is 89.1 Å². The summed E-state index contributed by atoms with van der Waals surface area (Å²) in [5.41, 5.74) is 0.722. The molecule has 0 aliphatic carbocycles. The van der Waals surface area contributed by atoms with Crippen LogP contribution in [0.25, 0.3) is 0 Å². The number of aliphatic hydroxyl groups excluding tert-OH is 1. The van der Waals surface area contributed by atoms with Crippen LogP contribution in [-0.2, 0) is 4.74 Å². The van der Waals surface area contributed by atoms with Crippen molar-refractivity contribution in [2.45, 2.75) is 6.92 Å². The molecule has 0 radical (unpaired) electrons. The Kier molecular flexibility index (Phi) is 4.93. The topological polar surface area (TPSA) is 58.9 Å². The van der Waals surface area contributed by atoms with Gasteiger partial charge in [-0.15, -0.1) is 0 Å². The lowest BCUT2D eigenvalue weighted by Crippen LogP contribution is -2.09. The lowest BCUT2D eigenvalue weighted by atomic mass is 10.2. The van der Waals surface area contributed by atoms with Gasteiger partial charge in [0.25, 0.3) is 0 Å². The highest BCUT2D eigenvalue weighted by Gasteiger charge is 2.02. The van der Waals surface area contributed by atoms with Gasteiger partial charge in [-0.25, -0.2) is 0 Å². The third-order valence-corrected chi connectivity index (χ3v) is 1.98. The first-order chi connectivity index (χ1) is 7.25. The van der Waals surface area contributed by atoms with Crippen LogP contribution in [0, 0.1) is 6.92 Å². The number of ether oxygens (including phenoxy) is 2. The number of phenolic OH excluding ortho intramolecular Hbond substituents is 1. The van der Waals surface area contributed by atoms with Crippen LogP contribution in [0.3, 0.4) is 0 Å². The fourth-order valence-corrected chi connectivity index (χ4v) is 1.14. The number of rotatable bonds is 6. The molecule has 0 fully saturated rings. The van der Waals surface area contributed by atoms with Gasteiger partial charge in [0.15, 0.2) is 0 Å². The zero-order valence-corrected chi connectivity index (χ0v) is 8.77. The predicted octanol–water partition coefficient (Wildman–Crippen LogP) is 1.09. The smallest absolute Gasteiger partial charge is 0.126 e. The molecule has 0 heterocycles. The predicted molar refractivity (Wildman–Crippen MR) is 56.2 cm³/mol. The molecule has 0 saturated carbocycles. The van der Waals surface area contributed by atoms with E-state index in [9.17, 15) is 5.11 Å².